The fourth-order valence-corrected chi connectivity index (χ4v) is 3.18. The van der Waals surface area contributed by atoms with Crippen LogP contribution in [-0.2, 0) is 25.1 Å². The summed E-state index contributed by atoms with van der Waals surface area (Å²) in [4.78, 5) is 10.3. The molecule has 2 atom stereocenters. The first kappa shape index (κ1) is 15.8. The molecule has 2 unspecified atom stereocenters. The van der Waals surface area contributed by atoms with Crippen LogP contribution in [0, 0.1) is 10.1 Å². The molecular formula is C12H15NO7S. The number of nitro benzene ring substituents is 1. The Morgan fingerprint density at radius 1 is 1.52 bits per heavy atom. The van der Waals surface area contributed by atoms with Crippen molar-refractivity contribution < 1.29 is 27.9 Å². The predicted molar refractivity (Wildman–Crippen MR) is 72.4 cm³/mol. The number of sulfone groups is 1. The number of aliphatic hydroxyl groups excluding tert-OH is 1. The average Bonchev–Trinajstić information content (AvgIpc) is 2.81. The highest BCUT2D eigenvalue weighted by atomic mass is 32.2. The van der Waals surface area contributed by atoms with Gasteiger partial charge in [-0.15, -0.1) is 0 Å². The minimum Gasteiger partial charge on any atom is -0.394 e. The molecule has 0 amide bonds. The molecule has 1 heterocycles. The first-order chi connectivity index (χ1) is 9.76. The largest absolute Gasteiger partial charge is 0.394 e. The van der Waals surface area contributed by atoms with E-state index in [-0.39, 0.29) is 24.5 Å². The van der Waals surface area contributed by atoms with E-state index in [1.807, 2.05) is 0 Å². The molecule has 0 aromatic heterocycles. The molecule has 1 aromatic carbocycles. The van der Waals surface area contributed by atoms with Gasteiger partial charge in [0.1, 0.15) is 11.9 Å². The number of nitro groups is 1. The molecule has 21 heavy (non-hydrogen) atoms. The topological polar surface area (TPSA) is 116 Å². The Balaban J connectivity index is 2.45. The molecule has 1 aromatic rings. The molecule has 9 heteroatoms. The fraction of sp³-hybridized carbons (Fsp3) is 0.500. The predicted octanol–water partition coefficient (Wildman–Crippen LogP) is 0.200. The highest BCUT2D eigenvalue weighted by Gasteiger charge is 2.46. The molecule has 0 aliphatic carbocycles. The number of nitrogens with zero attached hydrogens (tertiary/aromatic N) is 1. The van der Waals surface area contributed by atoms with Crippen LogP contribution >= 0.6 is 0 Å². The molecule has 1 fully saturated rings. The Hall–Kier alpha value is -1.55. The number of hydrogen-bond donors (Lipinski definition) is 1. The van der Waals surface area contributed by atoms with Gasteiger partial charge >= 0.3 is 0 Å². The molecule has 2 rings (SSSR count). The van der Waals surface area contributed by atoms with Crippen molar-refractivity contribution in [2.24, 2.45) is 0 Å². The molecule has 1 aliphatic rings. The normalized spacial score (nSPS) is 25.9. The Morgan fingerprint density at radius 3 is 2.76 bits per heavy atom. The van der Waals surface area contributed by atoms with Crippen LogP contribution in [0.15, 0.2) is 24.3 Å². The number of aliphatic hydroxyl groups is 1. The van der Waals surface area contributed by atoms with Crippen LogP contribution in [0.3, 0.4) is 0 Å². The summed E-state index contributed by atoms with van der Waals surface area (Å²) in [6, 6.07) is 5.43. The maximum absolute atomic E-state index is 11.6. The molecule has 1 N–H and O–H groups in total. The van der Waals surface area contributed by atoms with Gasteiger partial charge in [-0.1, -0.05) is 12.1 Å². The number of benzene rings is 1. The number of non-ortho nitro benzene ring substituents is 1. The first-order valence-corrected chi connectivity index (χ1v) is 8.17. The van der Waals surface area contributed by atoms with Crippen LogP contribution < -0.4 is 0 Å². The van der Waals surface area contributed by atoms with Crippen molar-refractivity contribution in [3.63, 3.8) is 0 Å². The minimum absolute atomic E-state index is 0.00864. The summed E-state index contributed by atoms with van der Waals surface area (Å²) >= 11 is 0. The van der Waals surface area contributed by atoms with Gasteiger partial charge in [-0.05, 0) is 0 Å². The van der Waals surface area contributed by atoms with Crippen LogP contribution in [0.2, 0.25) is 0 Å². The molecule has 116 valence electrons. The number of ether oxygens (including phenoxy) is 2. The van der Waals surface area contributed by atoms with Crippen molar-refractivity contribution in [2.45, 2.75) is 11.9 Å². The molecule has 0 bridgehead atoms. The summed E-state index contributed by atoms with van der Waals surface area (Å²) in [5.74, 6) is -2.12. The maximum Gasteiger partial charge on any atom is 0.269 e. The summed E-state index contributed by atoms with van der Waals surface area (Å²) in [6.45, 7) is -0.324. The van der Waals surface area contributed by atoms with E-state index in [1.54, 1.807) is 0 Å². The summed E-state index contributed by atoms with van der Waals surface area (Å²) in [5.41, 5.74) is 0.0399. The Labute approximate surface area is 121 Å². The van der Waals surface area contributed by atoms with Crippen molar-refractivity contribution in [1.29, 1.82) is 0 Å². The Bertz CT molecular complexity index is 645. The zero-order valence-electron chi connectivity index (χ0n) is 11.3. The smallest absolute Gasteiger partial charge is 0.269 e. The highest BCUT2D eigenvalue weighted by Crippen LogP contribution is 2.36. The van der Waals surface area contributed by atoms with Crippen LogP contribution in [-0.4, -0.2) is 49.8 Å². The van der Waals surface area contributed by atoms with E-state index in [2.05, 4.69) is 0 Å². The van der Waals surface area contributed by atoms with E-state index < -0.39 is 32.4 Å². The standard InChI is InChI=1S/C12H15NO7S/c1-21(17,18)8-12(19-7-11(6-14)20-12)9-3-2-4-10(5-9)13(15)16/h2-5,11,14H,6-8H2,1H3. The van der Waals surface area contributed by atoms with Gasteiger partial charge in [-0.25, -0.2) is 8.42 Å². The van der Waals surface area contributed by atoms with Crippen molar-refractivity contribution in [1.82, 2.24) is 0 Å². The molecule has 0 spiro atoms. The van der Waals surface area contributed by atoms with E-state index in [0.717, 1.165) is 6.26 Å². The van der Waals surface area contributed by atoms with Gasteiger partial charge < -0.3 is 14.6 Å². The second-order valence-electron chi connectivity index (χ2n) is 4.86. The van der Waals surface area contributed by atoms with Crippen molar-refractivity contribution in [3.8, 4) is 0 Å². The van der Waals surface area contributed by atoms with E-state index >= 15 is 0 Å². The third kappa shape index (κ3) is 3.56. The van der Waals surface area contributed by atoms with E-state index in [4.69, 9.17) is 14.6 Å². The fourth-order valence-electron chi connectivity index (χ4n) is 2.17. The van der Waals surface area contributed by atoms with E-state index in [0.29, 0.717) is 0 Å². The number of rotatable bonds is 5. The first-order valence-electron chi connectivity index (χ1n) is 6.11. The molecular weight excluding hydrogens is 302 g/mol. The lowest BCUT2D eigenvalue weighted by atomic mass is 10.1. The monoisotopic (exact) mass is 317 g/mol. The molecule has 0 radical (unpaired) electrons. The van der Waals surface area contributed by atoms with E-state index in [9.17, 15) is 18.5 Å². The lowest BCUT2D eigenvalue weighted by Crippen LogP contribution is -2.36. The molecule has 8 nitrogen and oxygen atoms in total. The second kappa shape index (κ2) is 5.68. The lowest BCUT2D eigenvalue weighted by Gasteiger charge is -2.27. The highest BCUT2D eigenvalue weighted by molar-refractivity contribution is 7.90. The van der Waals surface area contributed by atoms with Gasteiger partial charge in [0.15, 0.2) is 9.84 Å². The van der Waals surface area contributed by atoms with Crippen molar-refractivity contribution in [2.75, 3.05) is 25.2 Å². The zero-order chi connectivity index (χ0) is 15.7. The van der Waals surface area contributed by atoms with Gasteiger partial charge in [-0.2, -0.15) is 0 Å². The van der Waals surface area contributed by atoms with Gasteiger partial charge in [-0.3, -0.25) is 10.1 Å². The van der Waals surface area contributed by atoms with Crippen molar-refractivity contribution >= 4 is 15.5 Å². The molecule has 1 aliphatic heterocycles. The van der Waals surface area contributed by atoms with Crippen LogP contribution in [0.1, 0.15) is 5.56 Å². The van der Waals surface area contributed by atoms with Gasteiger partial charge in [0, 0.05) is 24.0 Å². The van der Waals surface area contributed by atoms with Crippen LogP contribution in [0.4, 0.5) is 5.69 Å². The van der Waals surface area contributed by atoms with Crippen molar-refractivity contribution in [3.05, 3.63) is 39.9 Å². The third-order valence-corrected chi connectivity index (χ3v) is 3.92. The average molecular weight is 317 g/mol. The Kier molecular flexibility index (Phi) is 4.28. The molecule has 1 saturated heterocycles. The SMILES string of the molecule is CS(=O)(=O)CC1(c2cccc([N+](=O)[O-])c2)OCC(CO)O1. The van der Waals surface area contributed by atoms with Crippen LogP contribution in [0.25, 0.3) is 0 Å². The maximum atomic E-state index is 11.6. The van der Waals surface area contributed by atoms with E-state index in [1.165, 1.54) is 24.3 Å². The van der Waals surface area contributed by atoms with Gasteiger partial charge in [0.05, 0.1) is 18.1 Å². The minimum atomic E-state index is -3.48. The van der Waals surface area contributed by atoms with Crippen LogP contribution in [0.5, 0.6) is 0 Å². The van der Waals surface area contributed by atoms with Gasteiger partial charge in [0.25, 0.3) is 5.69 Å². The summed E-state index contributed by atoms with van der Waals surface area (Å²) in [6.07, 6.45) is 0.344. The third-order valence-electron chi connectivity index (χ3n) is 3.01. The second-order valence-corrected chi connectivity index (χ2v) is 7.00. The summed E-state index contributed by atoms with van der Waals surface area (Å²) in [7, 11) is -3.48. The van der Waals surface area contributed by atoms with Gasteiger partial charge in [0.2, 0.25) is 5.79 Å². The molecule has 0 saturated carbocycles. The quantitative estimate of drug-likeness (QED) is 0.609. The summed E-state index contributed by atoms with van der Waals surface area (Å²) in [5, 5.41) is 20.0. The zero-order valence-corrected chi connectivity index (χ0v) is 12.1. The summed E-state index contributed by atoms with van der Waals surface area (Å²) < 4.78 is 34.2. The lowest BCUT2D eigenvalue weighted by molar-refractivity contribution is -0.385. The number of hydrogen-bond acceptors (Lipinski definition) is 7. The Morgan fingerprint density at radius 2 is 2.24 bits per heavy atom.